The number of nitrogens with one attached hydrogen (secondary N) is 1. The molecular formula is C13H11ClN2. The minimum Gasteiger partial charge on any atom is -0.342 e. The Labute approximate surface area is 99.0 Å². The molecule has 16 heavy (non-hydrogen) atoms. The molecule has 0 aromatic heterocycles. The molecule has 0 spiro atoms. The van der Waals surface area contributed by atoms with Gasteiger partial charge in [-0.25, -0.2) is 4.99 Å². The van der Waals surface area contributed by atoms with Gasteiger partial charge in [-0.15, -0.1) is 0 Å². The summed E-state index contributed by atoms with van der Waals surface area (Å²) in [5, 5.41) is 6.28. The molecule has 1 N–H and O–H groups in total. The summed E-state index contributed by atoms with van der Waals surface area (Å²) >= 11 is 6.21. The van der Waals surface area contributed by atoms with Crippen LogP contribution in [0.25, 0.3) is 10.8 Å². The topological polar surface area (TPSA) is 24.4 Å². The van der Waals surface area contributed by atoms with E-state index in [4.69, 9.17) is 11.6 Å². The summed E-state index contributed by atoms with van der Waals surface area (Å²) in [5.41, 5.74) is 3.19. The lowest BCUT2D eigenvalue weighted by Crippen LogP contribution is -2.11. The highest BCUT2D eigenvalue weighted by molar-refractivity contribution is 6.36. The zero-order valence-electron chi connectivity index (χ0n) is 9.13. The first-order chi connectivity index (χ1) is 7.66. The predicted molar refractivity (Wildman–Crippen MR) is 70.1 cm³/mol. The number of halogens is 1. The Kier molecular flexibility index (Phi) is 1.95. The third-order valence-corrected chi connectivity index (χ3v) is 3.21. The smallest absolute Gasteiger partial charge is 0.104 e. The van der Waals surface area contributed by atoms with Gasteiger partial charge in [-0.2, -0.15) is 0 Å². The molecule has 0 amide bonds. The van der Waals surface area contributed by atoms with Crippen LogP contribution in [0.3, 0.4) is 0 Å². The van der Waals surface area contributed by atoms with E-state index in [1.54, 1.807) is 0 Å². The Balaban J connectivity index is 2.54. The van der Waals surface area contributed by atoms with E-state index in [1.807, 2.05) is 19.1 Å². The van der Waals surface area contributed by atoms with Crippen molar-refractivity contribution in [1.82, 2.24) is 0 Å². The molecule has 0 aliphatic carbocycles. The van der Waals surface area contributed by atoms with Crippen molar-refractivity contribution in [2.75, 3.05) is 5.32 Å². The van der Waals surface area contributed by atoms with E-state index >= 15 is 0 Å². The summed E-state index contributed by atoms with van der Waals surface area (Å²) in [6, 6.07) is 8.15. The van der Waals surface area contributed by atoms with Gasteiger partial charge in [-0.05, 0) is 30.9 Å². The lowest BCUT2D eigenvalue weighted by Gasteiger charge is -2.19. The van der Waals surface area contributed by atoms with E-state index < -0.39 is 0 Å². The van der Waals surface area contributed by atoms with Crippen LogP contribution in [0.4, 0.5) is 11.4 Å². The largest absolute Gasteiger partial charge is 0.342 e. The molecule has 0 fully saturated rings. The molecule has 2 aromatic rings. The first-order valence-electron chi connectivity index (χ1n) is 5.21. The molecule has 0 radical (unpaired) electrons. The highest BCUT2D eigenvalue weighted by Crippen LogP contribution is 2.41. The van der Waals surface area contributed by atoms with Gasteiger partial charge < -0.3 is 5.32 Å². The second-order valence-electron chi connectivity index (χ2n) is 4.07. The third kappa shape index (κ3) is 1.23. The van der Waals surface area contributed by atoms with Crippen LogP contribution in [0, 0.1) is 6.92 Å². The molecule has 1 heterocycles. The maximum atomic E-state index is 6.21. The van der Waals surface area contributed by atoms with Crippen molar-refractivity contribution in [2.45, 2.75) is 13.8 Å². The molecule has 2 aromatic carbocycles. The summed E-state index contributed by atoms with van der Waals surface area (Å²) in [5.74, 6) is 0.885. The van der Waals surface area contributed by atoms with Crippen LogP contribution < -0.4 is 5.32 Å². The zero-order chi connectivity index (χ0) is 11.3. The number of amidine groups is 1. The van der Waals surface area contributed by atoms with Gasteiger partial charge in [0.1, 0.15) is 5.84 Å². The van der Waals surface area contributed by atoms with Crippen molar-refractivity contribution in [1.29, 1.82) is 0 Å². The van der Waals surface area contributed by atoms with Crippen molar-refractivity contribution in [2.24, 2.45) is 4.99 Å². The Hall–Kier alpha value is -1.54. The van der Waals surface area contributed by atoms with Crippen LogP contribution in [-0.2, 0) is 0 Å². The number of hydrogen-bond donors (Lipinski definition) is 1. The Morgan fingerprint density at radius 3 is 2.69 bits per heavy atom. The number of aryl methyl sites for hydroxylation is 1. The van der Waals surface area contributed by atoms with Gasteiger partial charge in [0, 0.05) is 5.39 Å². The lowest BCUT2D eigenvalue weighted by molar-refractivity contribution is 1.39. The van der Waals surface area contributed by atoms with Gasteiger partial charge in [0.05, 0.1) is 16.4 Å². The number of hydrogen-bond acceptors (Lipinski definition) is 2. The first kappa shape index (κ1) is 9.67. The van der Waals surface area contributed by atoms with Crippen molar-refractivity contribution in [3.8, 4) is 0 Å². The summed E-state index contributed by atoms with van der Waals surface area (Å²) in [7, 11) is 0. The number of anilines is 1. The number of benzene rings is 2. The van der Waals surface area contributed by atoms with Crippen LogP contribution in [0.1, 0.15) is 12.5 Å². The molecule has 0 unspecified atom stereocenters. The molecular weight excluding hydrogens is 220 g/mol. The number of nitrogens with zero attached hydrogens (tertiary/aromatic N) is 1. The molecule has 2 nitrogen and oxygen atoms in total. The monoisotopic (exact) mass is 230 g/mol. The van der Waals surface area contributed by atoms with E-state index in [0.717, 1.165) is 27.6 Å². The summed E-state index contributed by atoms with van der Waals surface area (Å²) in [4.78, 5) is 4.55. The quantitative estimate of drug-likeness (QED) is 0.718. The van der Waals surface area contributed by atoms with Gasteiger partial charge >= 0.3 is 0 Å². The normalized spacial score (nSPS) is 13.6. The molecule has 0 saturated carbocycles. The fourth-order valence-corrected chi connectivity index (χ4v) is 2.33. The standard InChI is InChI=1S/C13H11ClN2/c1-7-3-4-9-5-6-10(14)13-11(9)12(7)15-8(2)16-13/h3-6H,1-2H3,(H,15,16). The van der Waals surface area contributed by atoms with Crippen molar-refractivity contribution in [3.63, 3.8) is 0 Å². The van der Waals surface area contributed by atoms with Crippen LogP contribution in [-0.4, -0.2) is 5.84 Å². The summed E-state index contributed by atoms with van der Waals surface area (Å²) in [6.07, 6.45) is 0. The van der Waals surface area contributed by atoms with Gasteiger partial charge in [-0.3, -0.25) is 0 Å². The van der Waals surface area contributed by atoms with E-state index in [-0.39, 0.29) is 0 Å². The molecule has 0 atom stereocenters. The second-order valence-corrected chi connectivity index (χ2v) is 4.48. The number of rotatable bonds is 0. The average molecular weight is 231 g/mol. The van der Waals surface area contributed by atoms with E-state index in [0.29, 0.717) is 0 Å². The van der Waals surface area contributed by atoms with Gasteiger partial charge in [0.25, 0.3) is 0 Å². The highest BCUT2D eigenvalue weighted by Gasteiger charge is 2.16. The predicted octanol–water partition coefficient (Wildman–Crippen LogP) is 4.28. The molecule has 3 rings (SSSR count). The van der Waals surface area contributed by atoms with Crippen molar-refractivity contribution < 1.29 is 0 Å². The van der Waals surface area contributed by atoms with Crippen LogP contribution in [0.5, 0.6) is 0 Å². The first-order valence-corrected chi connectivity index (χ1v) is 5.59. The Morgan fingerprint density at radius 1 is 1.12 bits per heavy atom. The fraction of sp³-hybridized carbons (Fsp3) is 0.154. The molecule has 0 bridgehead atoms. The Bertz CT molecular complexity index is 624. The zero-order valence-corrected chi connectivity index (χ0v) is 9.89. The highest BCUT2D eigenvalue weighted by atomic mass is 35.5. The Morgan fingerprint density at radius 2 is 1.88 bits per heavy atom. The minimum absolute atomic E-state index is 0.744. The SMILES string of the molecule is CC1=Nc2c(C)ccc3ccc(Cl)c(c23)N1. The van der Waals surface area contributed by atoms with Crippen molar-refractivity contribution >= 4 is 39.6 Å². The summed E-state index contributed by atoms with van der Waals surface area (Å²) in [6.45, 7) is 4.02. The summed E-state index contributed by atoms with van der Waals surface area (Å²) < 4.78 is 0. The molecule has 1 aliphatic heterocycles. The van der Waals surface area contributed by atoms with Crippen LogP contribution in [0.15, 0.2) is 29.3 Å². The second kappa shape index (κ2) is 3.22. The third-order valence-electron chi connectivity index (χ3n) is 2.90. The van der Waals surface area contributed by atoms with Gasteiger partial charge in [0.15, 0.2) is 0 Å². The molecule has 3 heteroatoms. The molecule has 80 valence electrons. The van der Waals surface area contributed by atoms with Crippen LogP contribution in [0.2, 0.25) is 5.02 Å². The van der Waals surface area contributed by atoms with Gasteiger partial charge in [0.2, 0.25) is 0 Å². The maximum absolute atomic E-state index is 6.21. The van der Waals surface area contributed by atoms with E-state index in [9.17, 15) is 0 Å². The fourth-order valence-electron chi connectivity index (χ4n) is 2.12. The van der Waals surface area contributed by atoms with Gasteiger partial charge in [-0.1, -0.05) is 29.8 Å². The average Bonchev–Trinajstić information content (AvgIpc) is 2.27. The minimum atomic E-state index is 0.744. The van der Waals surface area contributed by atoms with Crippen LogP contribution >= 0.6 is 11.6 Å². The maximum Gasteiger partial charge on any atom is 0.104 e. The lowest BCUT2D eigenvalue weighted by atomic mass is 10.0. The molecule has 0 saturated heterocycles. The van der Waals surface area contributed by atoms with E-state index in [2.05, 4.69) is 29.4 Å². The molecule has 1 aliphatic rings. The van der Waals surface area contributed by atoms with Crippen molar-refractivity contribution in [3.05, 3.63) is 34.9 Å². The van der Waals surface area contributed by atoms with E-state index in [1.165, 1.54) is 10.9 Å². The number of aliphatic imine (C=N–C) groups is 1.